The van der Waals surface area contributed by atoms with Crippen molar-refractivity contribution in [2.45, 2.75) is 39.2 Å². The molecule has 3 nitrogen and oxygen atoms in total. The van der Waals surface area contributed by atoms with Crippen molar-refractivity contribution < 1.29 is 0 Å². The molecule has 0 radical (unpaired) electrons. The van der Waals surface area contributed by atoms with Crippen LogP contribution >= 0.6 is 0 Å². The number of nitrogens with zero attached hydrogens (tertiary/aromatic N) is 1. The van der Waals surface area contributed by atoms with E-state index in [-0.39, 0.29) is 0 Å². The Hall–Kier alpha value is -2.16. The highest BCUT2D eigenvalue weighted by Crippen LogP contribution is 2.35. The van der Waals surface area contributed by atoms with E-state index >= 15 is 0 Å². The Kier molecular flexibility index (Phi) is 2.81. The van der Waals surface area contributed by atoms with Crippen LogP contribution in [-0.4, -0.2) is 9.66 Å². The van der Waals surface area contributed by atoms with Crippen molar-refractivity contribution in [3.05, 3.63) is 59.0 Å². The number of hydrogen-bond donors (Lipinski definition) is 2. The molecule has 0 fully saturated rings. The van der Waals surface area contributed by atoms with Gasteiger partial charge in [0.05, 0.1) is 6.04 Å². The fourth-order valence-electron chi connectivity index (χ4n) is 3.57. The Bertz CT molecular complexity index is 775. The minimum Gasteiger partial charge on any atom is -0.356 e. The second kappa shape index (κ2) is 4.69. The molecule has 0 amide bonds. The predicted octanol–water partition coefficient (Wildman–Crippen LogP) is 4.21. The van der Waals surface area contributed by atoms with Gasteiger partial charge in [-0.05, 0) is 56.9 Å². The van der Waals surface area contributed by atoms with Gasteiger partial charge >= 0.3 is 0 Å². The first-order chi connectivity index (χ1) is 10.2. The zero-order valence-electron chi connectivity index (χ0n) is 12.6. The molecule has 1 aliphatic rings. The standard InChI is InChI=1S/C18H21N3/c1-12-10-11-13(2)21(12)20-17-9-5-7-15-14-6-3-4-8-16(14)19-18(15)17/h3-4,6,8,10-11,17,19-20H,5,7,9H2,1-2H3. The molecule has 0 bridgehead atoms. The topological polar surface area (TPSA) is 32.8 Å². The molecule has 1 atom stereocenters. The van der Waals surface area contributed by atoms with Gasteiger partial charge in [0.1, 0.15) is 0 Å². The smallest absolute Gasteiger partial charge is 0.0825 e. The van der Waals surface area contributed by atoms with Gasteiger partial charge in [0, 0.05) is 28.0 Å². The first kappa shape index (κ1) is 12.6. The summed E-state index contributed by atoms with van der Waals surface area (Å²) in [6, 6.07) is 13.3. The van der Waals surface area contributed by atoms with Crippen LogP contribution in [0.25, 0.3) is 10.9 Å². The molecule has 21 heavy (non-hydrogen) atoms. The van der Waals surface area contributed by atoms with Gasteiger partial charge in [-0.2, -0.15) is 0 Å². The van der Waals surface area contributed by atoms with E-state index in [1.165, 1.54) is 52.8 Å². The van der Waals surface area contributed by atoms with E-state index < -0.39 is 0 Å². The SMILES string of the molecule is Cc1ccc(C)n1NC1CCCc2c1[nH]c1ccccc21. The van der Waals surface area contributed by atoms with Crippen molar-refractivity contribution in [3.63, 3.8) is 0 Å². The number of aromatic amines is 1. The minimum absolute atomic E-state index is 0.367. The number of aromatic nitrogens is 2. The Morgan fingerprint density at radius 1 is 1.10 bits per heavy atom. The van der Waals surface area contributed by atoms with Gasteiger partial charge in [-0.25, -0.2) is 0 Å². The average Bonchev–Trinajstić information content (AvgIpc) is 3.03. The lowest BCUT2D eigenvalue weighted by Gasteiger charge is -2.26. The van der Waals surface area contributed by atoms with E-state index in [1.807, 2.05) is 0 Å². The van der Waals surface area contributed by atoms with E-state index in [1.54, 1.807) is 0 Å². The Labute approximate surface area is 125 Å². The van der Waals surface area contributed by atoms with Crippen LogP contribution in [-0.2, 0) is 6.42 Å². The minimum atomic E-state index is 0.367. The zero-order chi connectivity index (χ0) is 14.4. The highest BCUT2D eigenvalue weighted by molar-refractivity contribution is 5.85. The number of para-hydroxylation sites is 1. The predicted molar refractivity (Wildman–Crippen MR) is 87.2 cm³/mol. The molecule has 0 saturated carbocycles. The number of hydrogen-bond acceptors (Lipinski definition) is 1. The summed E-state index contributed by atoms with van der Waals surface area (Å²) in [6.45, 7) is 4.30. The van der Waals surface area contributed by atoms with Gasteiger partial charge < -0.3 is 10.4 Å². The lowest BCUT2D eigenvalue weighted by Crippen LogP contribution is -2.26. The monoisotopic (exact) mass is 279 g/mol. The lowest BCUT2D eigenvalue weighted by molar-refractivity contribution is 0.541. The maximum Gasteiger partial charge on any atom is 0.0825 e. The average molecular weight is 279 g/mol. The van der Waals surface area contributed by atoms with Gasteiger partial charge in [0.15, 0.2) is 0 Å². The van der Waals surface area contributed by atoms with Gasteiger partial charge in [-0.1, -0.05) is 18.2 Å². The summed E-state index contributed by atoms with van der Waals surface area (Å²) in [6.07, 6.45) is 3.60. The fraction of sp³-hybridized carbons (Fsp3) is 0.333. The van der Waals surface area contributed by atoms with E-state index in [2.05, 4.69) is 65.3 Å². The maximum atomic E-state index is 3.70. The molecule has 2 heterocycles. The van der Waals surface area contributed by atoms with Crippen LogP contribution in [0.5, 0.6) is 0 Å². The van der Waals surface area contributed by atoms with Crippen LogP contribution in [0, 0.1) is 13.8 Å². The number of H-pyrrole nitrogens is 1. The summed E-state index contributed by atoms with van der Waals surface area (Å²) in [7, 11) is 0. The molecule has 0 saturated heterocycles. The van der Waals surface area contributed by atoms with E-state index in [9.17, 15) is 0 Å². The maximum absolute atomic E-state index is 3.70. The van der Waals surface area contributed by atoms with Crippen molar-refractivity contribution in [3.8, 4) is 0 Å². The van der Waals surface area contributed by atoms with Gasteiger partial charge in [-0.3, -0.25) is 4.68 Å². The number of aryl methyl sites for hydroxylation is 3. The van der Waals surface area contributed by atoms with Crippen LogP contribution in [0.4, 0.5) is 0 Å². The molecular weight excluding hydrogens is 258 g/mol. The number of benzene rings is 1. The van der Waals surface area contributed by atoms with Crippen LogP contribution in [0.3, 0.4) is 0 Å². The Morgan fingerprint density at radius 2 is 1.86 bits per heavy atom. The highest BCUT2D eigenvalue weighted by atomic mass is 15.4. The summed E-state index contributed by atoms with van der Waals surface area (Å²) >= 11 is 0. The van der Waals surface area contributed by atoms with Crippen LogP contribution in [0.1, 0.15) is 41.5 Å². The number of fused-ring (bicyclic) bond motifs is 3. The van der Waals surface area contributed by atoms with Crippen molar-refractivity contribution >= 4 is 10.9 Å². The summed E-state index contributed by atoms with van der Waals surface area (Å²) < 4.78 is 2.21. The molecular formula is C18H21N3. The molecule has 1 aromatic carbocycles. The molecule has 3 heteroatoms. The van der Waals surface area contributed by atoms with E-state index in [4.69, 9.17) is 0 Å². The van der Waals surface area contributed by atoms with Gasteiger partial charge in [0.2, 0.25) is 0 Å². The largest absolute Gasteiger partial charge is 0.356 e. The molecule has 2 N–H and O–H groups in total. The summed E-state index contributed by atoms with van der Waals surface area (Å²) in [4.78, 5) is 3.64. The third kappa shape index (κ3) is 1.96. The quantitative estimate of drug-likeness (QED) is 0.724. The molecule has 2 aromatic heterocycles. The first-order valence-corrected chi connectivity index (χ1v) is 7.75. The third-order valence-corrected chi connectivity index (χ3v) is 4.67. The highest BCUT2D eigenvalue weighted by Gasteiger charge is 2.24. The van der Waals surface area contributed by atoms with E-state index in [0.29, 0.717) is 6.04 Å². The molecule has 1 aliphatic carbocycles. The normalized spacial score (nSPS) is 17.9. The molecule has 108 valence electrons. The van der Waals surface area contributed by atoms with Crippen molar-refractivity contribution in [2.75, 3.05) is 5.43 Å². The van der Waals surface area contributed by atoms with Gasteiger partial charge in [-0.15, -0.1) is 0 Å². The lowest BCUT2D eigenvalue weighted by atomic mass is 9.92. The molecule has 0 spiro atoms. The second-order valence-corrected chi connectivity index (χ2v) is 6.09. The molecule has 1 unspecified atom stereocenters. The van der Waals surface area contributed by atoms with Crippen molar-refractivity contribution in [1.82, 2.24) is 9.66 Å². The van der Waals surface area contributed by atoms with Crippen LogP contribution in [0.15, 0.2) is 36.4 Å². The Balaban J connectivity index is 1.77. The second-order valence-electron chi connectivity index (χ2n) is 6.09. The summed E-state index contributed by atoms with van der Waals surface area (Å²) in [5, 5.41) is 1.39. The molecule has 0 aliphatic heterocycles. The van der Waals surface area contributed by atoms with Gasteiger partial charge in [0.25, 0.3) is 0 Å². The first-order valence-electron chi connectivity index (χ1n) is 7.75. The van der Waals surface area contributed by atoms with Crippen molar-refractivity contribution in [1.29, 1.82) is 0 Å². The number of nitrogens with one attached hydrogen (secondary N) is 2. The number of rotatable bonds is 2. The fourth-order valence-corrected chi connectivity index (χ4v) is 3.57. The zero-order valence-corrected chi connectivity index (χ0v) is 12.6. The summed E-state index contributed by atoms with van der Waals surface area (Å²) in [5.41, 5.74) is 10.3. The Morgan fingerprint density at radius 3 is 2.67 bits per heavy atom. The van der Waals surface area contributed by atoms with Crippen LogP contribution < -0.4 is 5.43 Å². The van der Waals surface area contributed by atoms with E-state index in [0.717, 1.165) is 0 Å². The molecule has 3 aromatic rings. The summed E-state index contributed by atoms with van der Waals surface area (Å²) in [5.74, 6) is 0. The molecule has 4 rings (SSSR count). The van der Waals surface area contributed by atoms with Crippen molar-refractivity contribution in [2.24, 2.45) is 0 Å². The third-order valence-electron chi connectivity index (χ3n) is 4.67. The van der Waals surface area contributed by atoms with Crippen LogP contribution in [0.2, 0.25) is 0 Å².